The van der Waals surface area contributed by atoms with Crippen LogP contribution in [0.4, 0.5) is 0 Å². The molecule has 110 valence electrons. The molecule has 0 radical (unpaired) electrons. The Hall–Kier alpha value is -1.85. The summed E-state index contributed by atoms with van der Waals surface area (Å²) in [5.41, 5.74) is 7.39. The molecule has 0 unspecified atom stereocenters. The summed E-state index contributed by atoms with van der Waals surface area (Å²) >= 11 is 7.70. The Kier molecular flexibility index (Phi) is 5.36. The molecule has 0 aliphatic rings. The number of hydrogen-bond donors (Lipinski definition) is 2. The first-order chi connectivity index (χ1) is 10.2. The molecule has 2 aromatic rings. The van der Waals surface area contributed by atoms with Gasteiger partial charge in [0, 0.05) is 21.2 Å². The van der Waals surface area contributed by atoms with Crippen LogP contribution in [-0.4, -0.2) is 18.2 Å². The largest absolute Gasteiger partial charge is 0.497 e. The third kappa shape index (κ3) is 3.83. The third-order valence-electron chi connectivity index (χ3n) is 2.91. The molecular formula is C15H15ClN2O2S. The van der Waals surface area contributed by atoms with Gasteiger partial charge in [-0.1, -0.05) is 35.0 Å². The topological polar surface area (TPSA) is 67.8 Å². The lowest BCUT2D eigenvalue weighted by Crippen LogP contribution is -2.14. The lowest BCUT2D eigenvalue weighted by atomic mass is 10.2. The number of nitrogens with two attached hydrogens (primary N) is 1. The van der Waals surface area contributed by atoms with Crippen molar-refractivity contribution in [2.45, 2.75) is 10.6 Å². The molecule has 0 atom stereocenters. The van der Waals surface area contributed by atoms with Crippen molar-refractivity contribution in [2.24, 2.45) is 10.9 Å². The van der Waals surface area contributed by atoms with Gasteiger partial charge >= 0.3 is 0 Å². The summed E-state index contributed by atoms with van der Waals surface area (Å²) in [7, 11) is 1.60. The van der Waals surface area contributed by atoms with E-state index in [1.54, 1.807) is 31.0 Å². The summed E-state index contributed by atoms with van der Waals surface area (Å²) in [6.07, 6.45) is 0. The van der Waals surface area contributed by atoms with Crippen LogP contribution in [0.5, 0.6) is 5.75 Å². The van der Waals surface area contributed by atoms with E-state index in [9.17, 15) is 0 Å². The van der Waals surface area contributed by atoms with E-state index < -0.39 is 0 Å². The minimum absolute atomic E-state index is 0.0688. The molecule has 2 rings (SSSR count). The monoisotopic (exact) mass is 322 g/mol. The standard InChI is InChI=1S/C15H15ClN2O2S/c1-20-11-6-7-12(15(17)18-19)14(8-11)21-9-10-4-2-3-5-13(10)16/h2-8,19H,9H2,1H3,(H2,17,18). The zero-order chi connectivity index (χ0) is 15.2. The SMILES string of the molecule is COc1ccc(/C(N)=N/O)c(SCc2ccccc2Cl)c1. The van der Waals surface area contributed by atoms with Crippen molar-refractivity contribution < 1.29 is 9.94 Å². The van der Waals surface area contributed by atoms with Crippen LogP contribution in [0.25, 0.3) is 0 Å². The third-order valence-corrected chi connectivity index (χ3v) is 4.39. The number of nitrogens with zero attached hydrogens (tertiary/aromatic N) is 1. The van der Waals surface area contributed by atoms with Gasteiger partial charge in [0.05, 0.1) is 7.11 Å². The van der Waals surface area contributed by atoms with Crippen molar-refractivity contribution in [3.05, 3.63) is 58.6 Å². The summed E-state index contributed by atoms with van der Waals surface area (Å²) < 4.78 is 5.22. The number of methoxy groups -OCH3 is 1. The van der Waals surface area contributed by atoms with E-state index in [1.165, 1.54) is 0 Å². The van der Waals surface area contributed by atoms with Crippen molar-refractivity contribution in [1.82, 2.24) is 0 Å². The summed E-state index contributed by atoms with van der Waals surface area (Å²) in [4.78, 5) is 0.865. The highest BCUT2D eigenvalue weighted by molar-refractivity contribution is 7.98. The van der Waals surface area contributed by atoms with Crippen molar-refractivity contribution in [3.8, 4) is 5.75 Å². The fraction of sp³-hybridized carbons (Fsp3) is 0.133. The number of halogens is 1. The number of rotatable bonds is 5. The van der Waals surface area contributed by atoms with Crippen LogP contribution in [0.1, 0.15) is 11.1 Å². The predicted octanol–water partition coefficient (Wildman–Crippen LogP) is 3.74. The predicted molar refractivity (Wildman–Crippen MR) is 86.5 cm³/mol. The zero-order valence-corrected chi connectivity index (χ0v) is 13.0. The van der Waals surface area contributed by atoms with Crippen LogP contribution in [0.3, 0.4) is 0 Å². The Morgan fingerprint density at radius 2 is 2.10 bits per heavy atom. The molecule has 0 fully saturated rings. The van der Waals surface area contributed by atoms with E-state index in [0.717, 1.165) is 15.5 Å². The first-order valence-corrected chi connectivity index (χ1v) is 7.54. The molecule has 6 heteroatoms. The molecule has 2 aromatic carbocycles. The Bertz CT molecular complexity index is 662. The Morgan fingerprint density at radius 3 is 2.76 bits per heavy atom. The molecule has 0 bridgehead atoms. The van der Waals surface area contributed by atoms with Crippen LogP contribution >= 0.6 is 23.4 Å². The first kappa shape index (κ1) is 15.5. The molecule has 0 saturated heterocycles. The number of ether oxygens (including phenoxy) is 1. The van der Waals surface area contributed by atoms with E-state index in [2.05, 4.69) is 5.16 Å². The van der Waals surface area contributed by atoms with E-state index in [-0.39, 0.29) is 5.84 Å². The van der Waals surface area contributed by atoms with Crippen molar-refractivity contribution in [1.29, 1.82) is 0 Å². The lowest BCUT2D eigenvalue weighted by Gasteiger charge is -2.10. The van der Waals surface area contributed by atoms with Gasteiger partial charge in [0.15, 0.2) is 5.84 Å². The highest BCUT2D eigenvalue weighted by Crippen LogP contribution is 2.31. The van der Waals surface area contributed by atoms with E-state index in [4.69, 9.17) is 27.3 Å². The minimum atomic E-state index is 0.0688. The number of thioether (sulfide) groups is 1. The summed E-state index contributed by atoms with van der Waals surface area (Å²) in [5, 5.41) is 12.7. The zero-order valence-electron chi connectivity index (χ0n) is 11.4. The summed E-state index contributed by atoms with van der Waals surface area (Å²) in [6.45, 7) is 0. The second-order valence-corrected chi connectivity index (χ2v) is 5.65. The normalized spacial score (nSPS) is 11.4. The van der Waals surface area contributed by atoms with Gasteiger partial charge in [-0.3, -0.25) is 0 Å². The quantitative estimate of drug-likeness (QED) is 0.289. The number of oxime groups is 1. The molecule has 0 aromatic heterocycles. The van der Waals surface area contributed by atoms with Gasteiger partial charge in [0.1, 0.15) is 5.75 Å². The lowest BCUT2D eigenvalue weighted by molar-refractivity contribution is 0.318. The molecule has 21 heavy (non-hydrogen) atoms. The van der Waals surface area contributed by atoms with Gasteiger partial charge in [-0.05, 0) is 29.8 Å². The van der Waals surface area contributed by atoms with Gasteiger partial charge in [0.2, 0.25) is 0 Å². The van der Waals surface area contributed by atoms with Crippen molar-refractivity contribution in [3.63, 3.8) is 0 Å². The molecule has 0 saturated carbocycles. The highest BCUT2D eigenvalue weighted by atomic mass is 35.5. The maximum Gasteiger partial charge on any atom is 0.171 e. The van der Waals surface area contributed by atoms with Crippen LogP contribution < -0.4 is 10.5 Å². The molecule has 3 N–H and O–H groups in total. The minimum Gasteiger partial charge on any atom is -0.497 e. The van der Waals surface area contributed by atoms with Crippen LogP contribution in [0.2, 0.25) is 5.02 Å². The van der Waals surface area contributed by atoms with E-state index >= 15 is 0 Å². The van der Waals surface area contributed by atoms with Gasteiger partial charge in [-0.2, -0.15) is 0 Å². The van der Waals surface area contributed by atoms with Crippen LogP contribution in [0.15, 0.2) is 52.5 Å². The van der Waals surface area contributed by atoms with Gasteiger partial charge in [0.25, 0.3) is 0 Å². The van der Waals surface area contributed by atoms with Crippen molar-refractivity contribution in [2.75, 3.05) is 7.11 Å². The summed E-state index contributed by atoms with van der Waals surface area (Å²) in [6, 6.07) is 13.1. The molecule has 4 nitrogen and oxygen atoms in total. The van der Waals surface area contributed by atoms with E-state index in [1.807, 2.05) is 30.3 Å². The summed E-state index contributed by atoms with van der Waals surface area (Å²) in [5.74, 6) is 1.46. The van der Waals surface area contributed by atoms with Gasteiger partial charge in [-0.25, -0.2) is 0 Å². The fourth-order valence-electron chi connectivity index (χ4n) is 1.79. The average molecular weight is 323 g/mol. The number of amidine groups is 1. The second-order valence-electron chi connectivity index (χ2n) is 4.23. The molecular weight excluding hydrogens is 308 g/mol. The maximum absolute atomic E-state index is 8.87. The van der Waals surface area contributed by atoms with Gasteiger partial charge < -0.3 is 15.7 Å². The smallest absolute Gasteiger partial charge is 0.171 e. The molecule has 0 aliphatic carbocycles. The van der Waals surface area contributed by atoms with Crippen LogP contribution in [0, 0.1) is 0 Å². The molecule has 0 aliphatic heterocycles. The Balaban J connectivity index is 2.27. The maximum atomic E-state index is 8.87. The van der Waals surface area contributed by atoms with Crippen molar-refractivity contribution >= 4 is 29.2 Å². The Morgan fingerprint density at radius 1 is 1.33 bits per heavy atom. The van der Waals surface area contributed by atoms with E-state index in [0.29, 0.717) is 17.1 Å². The Labute approximate surface area is 132 Å². The first-order valence-electron chi connectivity index (χ1n) is 6.18. The second kappa shape index (κ2) is 7.24. The number of hydrogen-bond acceptors (Lipinski definition) is 4. The molecule has 0 heterocycles. The highest BCUT2D eigenvalue weighted by Gasteiger charge is 2.10. The average Bonchev–Trinajstić information content (AvgIpc) is 2.53. The fourth-order valence-corrected chi connectivity index (χ4v) is 3.16. The molecule has 0 spiro atoms. The van der Waals surface area contributed by atoms with Crippen LogP contribution in [-0.2, 0) is 5.75 Å². The molecule has 0 amide bonds. The number of benzene rings is 2. The van der Waals surface area contributed by atoms with Gasteiger partial charge in [-0.15, -0.1) is 11.8 Å².